The number of nitrogens with one attached hydrogen (secondary N) is 2. The lowest BCUT2D eigenvalue weighted by Gasteiger charge is -2.18. The molecular formula is C24H29N5O2. The molecule has 7 heteroatoms. The summed E-state index contributed by atoms with van der Waals surface area (Å²) in [6, 6.07) is 14.5. The van der Waals surface area contributed by atoms with Gasteiger partial charge in [-0.25, -0.2) is 4.98 Å². The first-order valence-corrected chi connectivity index (χ1v) is 10.6. The number of aryl methyl sites for hydroxylation is 1. The standard InChI is InChI=1S/C24H29N5O2/c1-18-7-8-20(23(13-18)31-21-9-12-30-16-21)15-28-24(25-2)27-14-19-5-3-4-6-22(19)29-11-10-26-17-29/h3-8,10-11,13,17,21H,9,12,14-16H2,1-2H3,(H2,25,27,28). The number of hydrogen-bond donors (Lipinski definition) is 2. The van der Waals surface area contributed by atoms with Crippen molar-refractivity contribution in [3.63, 3.8) is 0 Å². The Balaban J connectivity index is 1.39. The molecule has 4 rings (SSSR count). The molecule has 1 fully saturated rings. The molecule has 2 aromatic carbocycles. The molecule has 1 atom stereocenters. The molecule has 162 valence electrons. The maximum atomic E-state index is 6.21. The van der Waals surface area contributed by atoms with Gasteiger partial charge in [0.2, 0.25) is 0 Å². The topological polar surface area (TPSA) is 72.7 Å². The van der Waals surface area contributed by atoms with Gasteiger partial charge in [-0.2, -0.15) is 0 Å². The fourth-order valence-corrected chi connectivity index (χ4v) is 3.60. The third-order valence-corrected chi connectivity index (χ3v) is 5.29. The molecule has 31 heavy (non-hydrogen) atoms. The van der Waals surface area contributed by atoms with Crippen LogP contribution in [-0.2, 0) is 17.8 Å². The molecule has 3 aromatic rings. The van der Waals surface area contributed by atoms with Gasteiger partial charge in [0.15, 0.2) is 5.96 Å². The fraction of sp³-hybridized carbons (Fsp3) is 0.333. The second-order valence-electron chi connectivity index (χ2n) is 7.59. The maximum Gasteiger partial charge on any atom is 0.191 e. The van der Waals surface area contributed by atoms with Crippen molar-refractivity contribution in [3.05, 3.63) is 77.9 Å². The van der Waals surface area contributed by atoms with E-state index in [4.69, 9.17) is 9.47 Å². The summed E-state index contributed by atoms with van der Waals surface area (Å²) in [6.07, 6.45) is 6.59. The summed E-state index contributed by atoms with van der Waals surface area (Å²) in [6.45, 7) is 4.76. The quantitative estimate of drug-likeness (QED) is 0.455. The number of aliphatic imine (C=N–C) groups is 1. The highest BCUT2D eigenvalue weighted by molar-refractivity contribution is 5.79. The van der Waals surface area contributed by atoms with E-state index in [0.717, 1.165) is 41.6 Å². The predicted octanol–water partition coefficient (Wildman–Crippen LogP) is 3.21. The molecule has 1 aromatic heterocycles. The van der Waals surface area contributed by atoms with Crippen molar-refractivity contribution >= 4 is 5.96 Å². The first-order valence-electron chi connectivity index (χ1n) is 10.6. The Hall–Kier alpha value is -3.32. The summed E-state index contributed by atoms with van der Waals surface area (Å²) >= 11 is 0. The number of benzene rings is 2. The molecule has 2 N–H and O–H groups in total. The van der Waals surface area contributed by atoms with Crippen LogP contribution in [-0.4, -0.2) is 41.9 Å². The van der Waals surface area contributed by atoms with Gasteiger partial charge in [0, 0.05) is 44.5 Å². The van der Waals surface area contributed by atoms with E-state index in [9.17, 15) is 0 Å². The minimum Gasteiger partial charge on any atom is -0.488 e. The lowest BCUT2D eigenvalue weighted by molar-refractivity contribution is 0.140. The third kappa shape index (κ3) is 5.44. The van der Waals surface area contributed by atoms with E-state index in [2.05, 4.69) is 57.9 Å². The molecule has 0 amide bonds. The predicted molar refractivity (Wildman–Crippen MR) is 122 cm³/mol. The van der Waals surface area contributed by atoms with E-state index in [1.807, 2.05) is 22.9 Å². The Morgan fingerprint density at radius 3 is 2.77 bits per heavy atom. The largest absolute Gasteiger partial charge is 0.488 e. The molecule has 1 unspecified atom stereocenters. The third-order valence-electron chi connectivity index (χ3n) is 5.29. The number of guanidine groups is 1. The van der Waals surface area contributed by atoms with Gasteiger partial charge in [-0.15, -0.1) is 0 Å². The van der Waals surface area contributed by atoms with E-state index in [0.29, 0.717) is 19.7 Å². The molecular weight excluding hydrogens is 390 g/mol. The van der Waals surface area contributed by atoms with E-state index >= 15 is 0 Å². The van der Waals surface area contributed by atoms with Crippen LogP contribution in [0.2, 0.25) is 0 Å². The van der Waals surface area contributed by atoms with Crippen LogP contribution in [0.25, 0.3) is 5.69 Å². The normalized spacial score (nSPS) is 16.3. The van der Waals surface area contributed by atoms with Gasteiger partial charge in [0.05, 0.1) is 25.2 Å². The highest BCUT2D eigenvalue weighted by atomic mass is 16.5. The highest BCUT2D eigenvalue weighted by Gasteiger charge is 2.18. The molecule has 2 heterocycles. The SMILES string of the molecule is CN=C(NCc1ccc(C)cc1OC1CCOC1)NCc1ccccc1-n1ccnc1. The van der Waals surface area contributed by atoms with Gasteiger partial charge in [0.25, 0.3) is 0 Å². The van der Waals surface area contributed by atoms with Crippen molar-refractivity contribution < 1.29 is 9.47 Å². The van der Waals surface area contributed by atoms with Crippen LogP contribution in [0, 0.1) is 6.92 Å². The van der Waals surface area contributed by atoms with Gasteiger partial charge < -0.3 is 24.7 Å². The van der Waals surface area contributed by atoms with Gasteiger partial charge in [-0.05, 0) is 30.2 Å². The number of para-hydroxylation sites is 1. The van der Waals surface area contributed by atoms with E-state index in [-0.39, 0.29) is 6.10 Å². The zero-order valence-electron chi connectivity index (χ0n) is 18.0. The van der Waals surface area contributed by atoms with Crippen molar-refractivity contribution in [2.45, 2.75) is 32.5 Å². The number of rotatable bonds is 7. The highest BCUT2D eigenvalue weighted by Crippen LogP contribution is 2.24. The van der Waals surface area contributed by atoms with Gasteiger partial charge >= 0.3 is 0 Å². The molecule has 0 bridgehead atoms. The van der Waals surface area contributed by atoms with Crippen molar-refractivity contribution in [3.8, 4) is 11.4 Å². The van der Waals surface area contributed by atoms with Gasteiger partial charge in [-0.1, -0.05) is 30.3 Å². The number of ether oxygens (including phenoxy) is 2. The van der Waals surface area contributed by atoms with Crippen molar-refractivity contribution in [2.75, 3.05) is 20.3 Å². The van der Waals surface area contributed by atoms with Crippen molar-refractivity contribution in [2.24, 2.45) is 4.99 Å². The Morgan fingerprint density at radius 2 is 2.03 bits per heavy atom. The summed E-state index contributed by atoms with van der Waals surface area (Å²) in [5.41, 5.74) is 4.52. The first-order chi connectivity index (χ1) is 15.2. The van der Waals surface area contributed by atoms with Crippen LogP contribution in [0.3, 0.4) is 0 Å². The Morgan fingerprint density at radius 1 is 1.19 bits per heavy atom. The minimum atomic E-state index is 0.123. The van der Waals surface area contributed by atoms with E-state index < -0.39 is 0 Å². The molecule has 0 saturated carbocycles. The Kier molecular flexibility index (Phi) is 6.84. The average Bonchev–Trinajstić information content (AvgIpc) is 3.50. The van der Waals surface area contributed by atoms with Gasteiger partial charge in [-0.3, -0.25) is 4.99 Å². The monoisotopic (exact) mass is 419 g/mol. The number of aromatic nitrogens is 2. The minimum absolute atomic E-state index is 0.123. The van der Waals surface area contributed by atoms with Gasteiger partial charge in [0.1, 0.15) is 11.9 Å². The molecule has 7 nitrogen and oxygen atoms in total. The summed E-state index contributed by atoms with van der Waals surface area (Å²) in [5.74, 6) is 1.64. The van der Waals surface area contributed by atoms with Crippen LogP contribution in [0.15, 0.2) is 66.2 Å². The second-order valence-corrected chi connectivity index (χ2v) is 7.59. The lowest BCUT2D eigenvalue weighted by Crippen LogP contribution is -2.36. The van der Waals surface area contributed by atoms with Crippen LogP contribution in [0.1, 0.15) is 23.1 Å². The molecule has 0 spiro atoms. The lowest BCUT2D eigenvalue weighted by atomic mass is 10.1. The van der Waals surface area contributed by atoms with Crippen LogP contribution in [0.4, 0.5) is 0 Å². The summed E-state index contributed by atoms with van der Waals surface area (Å²) < 4.78 is 13.7. The van der Waals surface area contributed by atoms with E-state index in [1.165, 1.54) is 5.56 Å². The zero-order chi connectivity index (χ0) is 21.5. The smallest absolute Gasteiger partial charge is 0.191 e. The van der Waals surface area contributed by atoms with Crippen LogP contribution < -0.4 is 15.4 Å². The summed E-state index contributed by atoms with van der Waals surface area (Å²) in [4.78, 5) is 8.53. The maximum absolute atomic E-state index is 6.21. The Bertz CT molecular complexity index is 1010. The van der Waals surface area contributed by atoms with Crippen molar-refractivity contribution in [1.29, 1.82) is 0 Å². The van der Waals surface area contributed by atoms with Crippen LogP contribution >= 0.6 is 0 Å². The number of hydrogen-bond acceptors (Lipinski definition) is 4. The fourth-order valence-electron chi connectivity index (χ4n) is 3.60. The number of imidazole rings is 1. The molecule has 0 aliphatic carbocycles. The van der Waals surface area contributed by atoms with E-state index in [1.54, 1.807) is 19.6 Å². The molecule has 1 aliphatic rings. The average molecular weight is 420 g/mol. The first kappa shape index (κ1) is 20.9. The number of nitrogens with zero attached hydrogens (tertiary/aromatic N) is 3. The molecule has 0 radical (unpaired) electrons. The summed E-state index contributed by atoms with van der Waals surface area (Å²) in [5, 5.41) is 6.81. The molecule has 1 aliphatic heterocycles. The summed E-state index contributed by atoms with van der Waals surface area (Å²) in [7, 11) is 1.78. The van der Waals surface area contributed by atoms with Crippen molar-refractivity contribution in [1.82, 2.24) is 20.2 Å². The Labute approximate surface area is 183 Å². The van der Waals surface area contributed by atoms with Crippen LogP contribution in [0.5, 0.6) is 5.75 Å². The second kappa shape index (κ2) is 10.1. The molecule has 1 saturated heterocycles. The zero-order valence-corrected chi connectivity index (χ0v) is 18.0.